The van der Waals surface area contributed by atoms with E-state index in [0.29, 0.717) is 31.2 Å². The molecule has 9 nitrogen and oxygen atoms in total. The van der Waals surface area contributed by atoms with Crippen molar-refractivity contribution in [2.24, 2.45) is 5.73 Å². The molecule has 4 N–H and O–H groups in total. The van der Waals surface area contributed by atoms with Gasteiger partial charge in [-0.1, -0.05) is 0 Å². The van der Waals surface area contributed by atoms with Crippen LogP contribution in [0.3, 0.4) is 0 Å². The highest BCUT2D eigenvalue weighted by atomic mass is 19.4. The van der Waals surface area contributed by atoms with Crippen LogP contribution in [-0.4, -0.2) is 42.5 Å². The Balaban J connectivity index is 1.47. The molecule has 0 aliphatic heterocycles. The Morgan fingerprint density at radius 3 is 2.53 bits per heavy atom. The number of rotatable bonds is 8. The number of ether oxygens (including phenoxy) is 3. The molecule has 3 rings (SSSR count). The Labute approximate surface area is 193 Å². The molecule has 0 saturated heterocycles. The van der Waals surface area contributed by atoms with E-state index in [2.05, 4.69) is 20.4 Å². The number of alkyl halides is 3. The van der Waals surface area contributed by atoms with Crippen LogP contribution >= 0.6 is 0 Å². The van der Waals surface area contributed by atoms with Gasteiger partial charge in [-0.15, -0.1) is 13.2 Å². The molecule has 0 atom stereocenters. The number of hydrogen-bond acceptors (Lipinski definition) is 6. The Bertz CT molecular complexity index is 1010. The van der Waals surface area contributed by atoms with Crippen LogP contribution in [-0.2, 0) is 11.3 Å². The van der Waals surface area contributed by atoms with Gasteiger partial charge in [0.05, 0.1) is 31.1 Å². The normalized spacial score (nSPS) is 18.1. The molecule has 1 aliphatic rings. The Morgan fingerprint density at radius 2 is 1.88 bits per heavy atom. The molecule has 0 unspecified atom stereocenters. The van der Waals surface area contributed by atoms with E-state index in [9.17, 15) is 22.8 Å². The van der Waals surface area contributed by atoms with Crippen molar-refractivity contribution in [2.45, 2.75) is 50.8 Å². The quantitative estimate of drug-likeness (QED) is 0.527. The van der Waals surface area contributed by atoms with Crippen LogP contribution in [0.4, 0.5) is 23.7 Å². The van der Waals surface area contributed by atoms with Gasteiger partial charge in [0.15, 0.2) is 0 Å². The molecular formula is C22H25F3N4O5. The van der Waals surface area contributed by atoms with Crippen LogP contribution in [0, 0.1) is 0 Å². The SMILES string of the molecule is COc1ccc(OC(F)(F)F)cc1NC(=O)N[C@H]1CC[C@H](OCc2cncc(C(N)=O)c2)CC1. The summed E-state index contributed by atoms with van der Waals surface area (Å²) < 4.78 is 52.3. The average molecular weight is 482 g/mol. The number of nitrogens with zero attached hydrogens (tertiary/aromatic N) is 1. The standard InChI is InChI=1S/C22H25F3N4O5/c1-32-19-7-6-17(34-22(23,24)25)9-18(19)29-21(31)28-15-2-4-16(5-3-15)33-12-13-8-14(20(26)30)11-27-10-13/h6-11,15-16H,2-5,12H2,1H3,(H2,26,30)(H2,28,29,31)/t15-,16-. The maximum absolute atomic E-state index is 12.5. The number of urea groups is 1. The lowest BCUT2D eigenvalue weighted by Crippen LogP contribution is -2.41. The number of halogens is 3. The molecule has 1 heterocycles. The fourth-order valence-corrected chi connectivity index (χ4v) is 3.61. The Kier molecular flexibility index (Phi) is 8.16. The van der Waals surface area contributed by atoms with E-state index in [1.807, 2.05) is 0 Å². The van der Waals surface area contributed by atoms with Crippen molar-refractivity contribution >= 4 is 17.6 Å². The zero-order valence-corrected chi connectivity index (χ0v) is 18.4. The summed E-state index contributed by atoms with van der Waals surface area (Å²) in [5, 5.41) is 5.32. The van der Waals surface area contributed by atoms with Crippen molar-refractivity contribution in [1.29, 1.82) is 0 Å². The summed E-state index contributed by atoms with van der Waals surface area (Å²) in [4.78, 5) is 27.6. The molecule has 0 bridgehead atoms. The summed E-state index contributed by atoms with van der Waals surface area (Å²) in [6.45, 7) is 0.285. The highest BCUT2D eigenvalue weighted by Crippen LogP contribution is 2.32. The molecule has 1 fully saturated rings. The maximum atomic E-state index is 12.5. The zero-order chi connectivity index (χ0) is 24.7. The van der Waals surface area contributed by atoms with Crippen LogP contribution in [0.5, 0.6) is 11.5 Å². The number of nitrogens with one attached hydrogen (secondary N) is 2. The fourth-order valence-electron chi connectivity index (χ4n) is 3.61. The van der Waals surface area contributed by atoms with Crippen LogP contribution in [0.25, 0.3) is 0 Å². The molecule has 1 aromatic carbocycles. The van der Waals surface area contributed by atoms with Crippen molar-refractivity contribution in [2.75, 3.05) is 12.4 Å². The van der Waals surface area contributed by atoms with Crippen LogP contribution in [0.2, 0.25) is 0 Å². The number of nitrogens with two attached hydrogens (primary N) is 1. The van der Waals surface area contributed by atoms with Gasteiger partial charge in [-0.25, -0.2) is 4.79 Å². The third-order valence-electron chi connectivity index (χ3n) is 5.23. The maximum Gasteiger partial charge on any atom is 0.573 e. The Morgan fingerprint density at radius 1 is 1.15 bits per heavy atom. The molecule has 0 spiro atoms. The summed E-state index contributed by atoms with van der Waals surface area (Å²) in [7, 11) is 1.34. The number of aromatic nitrogens is 1. The van der Waals surface area contributed by atoms with E-state index in [4.69, 9.17) is 15.2 Å². The second-order valence-corrected chi connectivity index (χ2v) is 7.74. The lowest BCUT2D eigenvalue weighted by molar-refractivity contribution is -0.274. The number of benzene rings is 1. The lowest BCUT2D eigenvalue weighted by atomic mass is 9.93. The largest absolute Gasteiger partial charge is 0.573 e. The molecular weight excluding hydrogens is 457 g/mol. The molecule has 34 heavy (non-hydrogen) atoms. The van der Waals surface area contributed by atoms with Gasteiger partial charge in [-0.3, -0.25) is 9.78 Å². The summed E-state index contributed by atoms with van der Waals surface area (Å²) in [6, 6.07) is 4.35. The highest BCUT2D eigenvalue weighted by molar-refractivity contribution is 5.92. The number of carbonyl (C=O) groups excluding carboxylic acids is 2. The van der Waals surface area contributed by atoms with Gasteiger partial charge in [0, 0.05) is 24.5 Å². The van der Waals surface area contributed by atoms with E-state index >= 15 is 0 Å². The third kappa shape index (κ3) is 7.51. The van der Waals surface area contributed by atoms with E-state index in [1.165, 1.54) is 19.4 Å². The first kappa shape index (κ1) is 25.1. The first-order valence-electron chi connectivity index (χ1n) is 10.5. The second-order valence-electron chi connectivity index (χ2n) is 7.74. The first-order valence-corrected chi connectivity index (χ1v) is 10.5. The second kappa shape index (κ2) is 11.1. The van der Waals surface area contributed by atoms with Crippen molar-refractivity contribution in [3.8, 4) is 11.5 Å². The molecule has 12 heteroatoms. The number of amides is 3. The summed E-state index contributed by atoms with van der Waals surface area (Å²) in [5.41, 5.74) is 6.35. The van der Waals surface area contributed by atoms with E-state index in [-0.39, 0.29) is 30.2 Å². The number of anilines is 1. The molecule has 0 radical (unpaired) electrons. The van der Waals surface area contributed by atoms with Gasteiger partial charge in [-0.2, -0.15) is 0 Å². The minimum atomic E-state index is -4.85. The van der Waals surface area contributed by atoms with Crippen LogP contribution in [0.1, 0.15) is 41.6 Å². The van der Waals surface area contributed by atoms with Gasteiger partial charge in [0.2, 0.25) is 5.91 Å². The molecule has 2 aromatic rings. The van der Waals surface area contributed by atoms with Gasteiger partial charge in [-0.05, 0) is 49.4 Å². The molecule has 1 saturated carbocycles. The van der Waals surface area contributed by atoms with Crippen molar-refractivity contribution < 1.29 is 37.0 Å². The predicted octanol–water partition coefficient (Wildman–Crippen LogP) is 3.74. The minimum absolute atomic E-state index is 0.0189. The van der Waals surface area contributed by atoms with Gasteiger partial charge in [0.25, 0.3) is 0 Å². The predicted molar refractivity (Wildman–Crippen MR) is 115 cm³/mol. The van der Waals surface area contributed by atoms with E-state index in [0.717, 1.165) is 17.7 Å². The molecule has 1 aliphatic carbocycles. The first-order chi connectivity index (χ1) is 16.1. The van der Waals surface area contributed by atoms with E-state index in [1.54, 1.807) is 12.3 Å². The Hall–Kier alpha value is -3.54. The average Bonchev–Trinajstić information content (AvgIpc) is 2.78. The van der Waals surface area contributed by atoms with Gasteiger partial charge < -0.3 is 30.6 Å². The monoisotopic (exact) mass is 482 g/mol. The number of primary amides is 1. The van der Waals surface area contributed by atoms with Crippen LogP contribution < -0.4 is 25.8 Å². The van der Waals surface area contributed by atoms with Gasteiger partial charge in [0.1, 0.15) is 11.5 Å². The zero-order valence-electron chi connectivity index (χ0n) is 18.4. The number of methoxy groups -OCH3 is 1. The van der Waals surface area contributed by atoms with Crippen molar-refractivity contribution in [3.63, 3.8) is 0 Å². The molecule has 184 valence electrons. The lowest BCUT2D eigenvalue weighted by Gasteiger charge is -2.29. The van der Waals surface area contributed by atoms with Crippen molar-refractivity contribution in [3.05, 3.63) is 47.8 Å². The number of carbonyl (C=O) groups is 2. The molecule has 1 aromatic heterocycles. The van der Waals surface area contributed by atoms with E-state index < -0.39 is 24.1 Å². The summed E-state index contributed by atoms with van der Waals surface area (Å²) in [5.74, 6) is -0.842. The topological polar surface area (TPSA) is 125 Å². The molecule has 3 amide bonds. The number of pyridine rings is 1. The fraction of sp³-hybridized carbons (Fsp3) is 0.409. The van der Waals surface area contributed by atoms with Crippen molar-refractivity contribution in [1.82, 2.24) is 10.3 Å². The van der Waals surface area contributed by atoms with Gasteiger partial charge >= 0.3 is 12.4 Å². The minimum Gasteiger partial charge on any atom is -0.495 e. The highest BCUT2D eigenvalue weighted by Gasteiger charge is 2.31. The smallest absolute Gasteiger partial charge is 0.495 e. The number of hydrogen-bond donors (Lipinski definition) is 3. The third-order valence-corrected chi connectivity index (χ3v) is 5.23. The summed E-state index contributed by atoms with van der Waals surface area (Å²) in [6.07, 6.45) is 0.844. The summed E-state index contributed by atoms with van der Waals surface area (Å²) >= 11 is 0. The van der Waals surface area contributed by atoms with Crippen LogP contribution in [0.15, 0.2) is 36.7 Å².